The van der Waals surface area contributed by atoms with Crippen molar-refractivity contribution >= 4 is 11.9 Å². The molecule has 0 aromatic heterocycles. The second-order valence-corrected chi connectivity index (χ2v) is 8.35. The van der Waals surface area contributed by atoms with E-state index in [9.17, 15) is 9.59 Å². The van der Waals surface area contributed by atoms with Crippen LogP contribution in [0.25, 0.3) is 11.1 Å². The Bertz CT molecular complexity index is 1080. The second kappa shape index (κ2) is 15.4. The number of hydrogen-bond donors (Lipinski definition) is 0. The highest BCUT2D eigenvalue weighted by molar-refractivity contribution is 5.91. The maximum absolute atomic E-state index is 12.5. The van der Waals surface area contributed by atoms with E-state index < -0.39 is 5.97 Å². The maximum atomic E-state index is 12.5. The molecule has 0 amide bonds. The molecule has 0 saturated carbocycles. The van der Waals surface area contributed by atoms with Gasteiger partial charge >= 0.3 is 11.9 Å². The topological polar surface area (TPSA) is 80.3 Å². The van der Waals surface area contributed by atoms with Crippen molar-refractivity contribution in [3.8, 4) is 22.6 Å². The number of carbonyl (C=O) groups excluding carboxylic acids is 2. The Labute approximate surface area is 218 Å². The van der Waals surface area contributed by atoms with Gasteiger partial charge in [0, 0.05) is 0 Å². The van der Waals surface area contributed by atoms with E-state index in [0.717, 1.165) is 17.5 Å². The molecular weight excluding hydrogens is 472 g/mol. The van der Waals surface area contributed by atoms with Crippen molar-refractivity contribution in [3.63, 3.8) is 0 Å². The Kier molecular flexibility index (Phi) is 11.6. The van der Waals surface area contributed by atoms with E-state index in [2.05, 4.69) is 0 Å². The molecule has 0 saturated heterocycles. The van der Waals surface area contributed by atoms with Crippen molar-refractivity contribution in [2.45, 2.75) is 20.3 Å². The summed E-state index contributed by atoms with van der Waals surface area (Å²) in [6, 6.07) is 24.2. The zero-order valence-corrected chi connectivity index (χ0v) is 21.4. The normalized spacial score (nSPS) is 11.5. The van der Waals surface area contributed by atoms with Gasteiger partial charge in [0.05, 0.1) is 37.9 Å². The molecule has 0 heterocycles. The van der Waals surface area contributed by atoms with Crippen LogP contribution in [0.3, 0.4) is 0 Å². The summed E-state index contributed by atoms with van der Waals surface area (Å²) >= 11 is 0. The van der Waals surface area contributed by atoms with Crippen LogP contribution in [0.15, 0.2) is 78.9 Å². The fourth-order valence-electron chi connectivity index (χ4n) is 3.25. The first-order chi connectivity index (χ1) is 18.1. The molecule has 0 spiro atoms. The highest BCUT2D eigenvalue weighted by Gasteiger charge is 2.11. The molecule has 1 atom stereocenters. The number of benzene rings is 3. The van der Waals surface area contributed by atoms with Gasteiger partial charge in [-0.15, -0.1) is 0 Å². The molecule has 0 N–H and O–H groups in total. The quantitative estimate of drug-likeness (QED) is 0.151. The first kappa shape index (κ1) is 27.9. The Morgan fingerprint density at radius 1 is 0.676 bits per heavy atom. The van der Waals surface area contributed by atoms with Crippen LogP contribution in [0.1, 0.15) is 30.6 Å². The molecule has 0 fully saturated rings. The largest absolute Gasteiger partial charge is 0.491 e. The molecule has 7 nitrogen and oxygen atoms in total. The Morgan fingerprint density at radius 2 is 1.24 bits per heavy atom. The second-order valence-electron chi connectivity index (χ2n) is 8.35. The molecule has 0 aliphatic carbocycles. The lowest BCUT2D eigenvalue weighted by molar-refractivity contribution is -0.149. The standard InChI is InChI=1S/C30H34O7/c1-3-23(2)29(31)36-22-20-34-18-17-33-19-21-35-27-13-11-26(12-14-27)30(32)37-28-15-9-25(10-16-28)24-7-5-4-6-8-24/h4-16,23H,3,17-22H2,1-2H3. The molecule has 196 valence electrons. The van der Waals surface area contributed by atoms with Crippen LogP contribution in [0.2, 0.25) is 0 Å². The average molecular weight is 507 g/mol. The first-order valence-electron chi connectivity index (χ1n) is 12.5. The van der Waals surface area contributed by atoms with Crippen LogP contribution in [-0.4, -0.2) is 51.6 Å². The molecule has 1 unspecified atom stereocenters. The summed E-state index contributed by atoms with van der Waals surface area (Å²) in [4.78, 5) is 24.0. The number of carbonyl (C=O) groups is 2. The van der Waals surface area contributed by atoms with Crippen LogP contribution in [-0.2, 0) is 19.0 Å². The van der Waals surface area contributed by atoms with Gasteiger partial charge in [0.2, 0.25) is 0 Å². The predicted molar refractivity (Wildman–Crippen MR) is 141 cm³/mol. The van der Waals surface area contributed by atoms with Gasteiger partial charge in [0.15, 0.2) is 0 Å². The average Bonchev–Trinajstić information content (AvgIpc) is 2.94. The highest BCUT2D eigenvalue weighted by Crippen LogP contribution is 2.23. The smallest absolute Gasteiger partial charge is 0.343 e. The minimum Gasteiger partial charge on any atom is -0.491 e. The van der Waals surface area contributed by atoms with Crippen LogP contribution in [0.5, 0.6) is 11.5 Å². The molecule has 0 bridgehead atoms. The molecule has 0 aliphatic heterocycles. The van der Waals surface area contributed by atoms with E-state index in [1.807, 2.05) is 56.3 Å². The number of esters is 2. The molecule has 3 aromatic rings. The lowest BCUT2D eigenvalue weighted by atomic mass is 10.1. The fourth-order valence-corrected chi connectivity index (χ4v) is 3.25. The van der Waals surface area contributed by atoms with Gasteiger partial charge in [0.1, 0.15) is 24.7 Å². The molecular formula is C30H34O7. The Balaban J connectivity index is 1.28. The van der Waals surface area contributed by atoms with Gasteiger partial charge in [-0.2, -0.15) is 0 Å². The molecule has 0 radical (unpaired) electrons. The fraction of sp³-hybridized carbons (Fsp3) is 0.333. The van der Waals surface area contributed by atoms with Crippen LogP contribution in [0, 0.1) is 5.92 Å². The monoisotopic (exact) mass is 506 g/mol. The van der Waals surface area contributed by atoms with Crippen LogP contribution in [0.4, 0.5) is 0 Å². The SMILES string of the molecule is CCC(C)C(=O)OCCOCCOCCOc1ccc(C(=O)Oc2ccc(-c3ccccc3)cc2)cc1. The molecule has 37 heavy (non-hydrogen) atoms. The van der Waals surface area contributed by atoms with Crippen molar-refractivity contribution < 1.29 is 33.3 Å². The lowest BCUT2D eigenvalue weighted by Crippen LogP contribution is -2.18. The third-order valence-corrected chi connectivity index (χ3v) is 5.62. The molecule has 3 aromatic carbocycles. The third kappa shape index (κ3) is 9.71. The Hall–Kier alpha value is -3.68. The van der Waals surface area contributed by atoms with Crippen LogP contribution >= 0.6 is 0 Å². The van der Waals surface area contributed by atoms with Crippen molar-refractivity contribution in [2.24, 2.45) is 5.92 Å². The highest BCUT2D eigenvalue weighted by atomic mass is 16.6. The summed E-state index contributed by atoms with van der Waals surface area (Å²) in [5.74, 6) is 0.400. The van der Waals surface area contributed by atoms with Crippen molar-refractivity contribution in [3.05, 3.63) is 84.4 Å². The molecule has 0 aliphatic rings. The summed E-state index contributed by atoms with van der Waals surface area (Å²) in [5.41, 5.74) is 2.59. The minimum absolute atomic E-state index is 0.0863. The van der Waals surface area contributed by atoms with E-state index in [4.69, 9.17) is 23.7 Å². The summed E-state index contributed by atoms with van der Waals surface area (Å²) in [7, 11) is 0. The summed E-state index contributed by atoms with van der Waals surface area (Å²) in [5, 5.41) is 0. The predicted octanol–water partition coefficient (Wildman–Crippen LogP) is 5.57. The van der Waals surface area contributed by atoms with Gasteiger partial charge < -0.3 is 23.7 Å². The minimum atomic E-state index is -0.433. The summed E-state index contributed by atoms with van der Waals surface area (Å²) < 4.78 is 27.1. The van der Waals surface area contributed by atoms with E-state index in [1.54, 1.807) is 36.4 Å². The zero-order valence-electron chi connectivity index (χ0n) is 21.4. The van der Waals surface area contributed by atoms with E-state index >= 15 is 0 Å². The number of rotatable bonds is 15. The summed E-state index contributed by atoms with van der Waals surface area (Å²) in [6.07, 6.45) is 0.761. The van der Waals surface area contributed by atoms with Crippen molar-refractivity contribution in [1.29, 1.82) is 0 Å². The number of ether oxygens (including phenoxy) is 5. The van der Waals surface area contributed by atoms with Gasteiger partial charge in [-0.1, -0.05) is 56.3 Å². The summed E-state index contributed by atoms with van der Waals surface area (Å²) in [6.45, 7) is 5.97. The van der Waals surface area contributed by atoms with Gasteiger partial charge in [-0.25, -0.2) is 4.79 Å². The van der Waals surface area contributed by atoms with E-state index in [0.29, 0.717) is 50.1 Å². The lowest BCUT2D eigenvalue weighted by Gasteiger charge is -2.10. The molecule has 7 heteroatoms. The Morgan fingerprint density at radius 3 is 1.89 bits per heavy atom. The molecule has 3 rings (SSSR count). The van der Waals surface area contributed by atoms with E-state index in [1.165, 1.54) is 0 Å². The van der Waals surface area contributed by atoms with Gasteiger partial charge in [-0.05, 0) is 53.9 Å². The van der Waals surface area contributed by atoms with Crippen molar-refractivity contribution in [1.82, 2.24) is 0 Å². The van der Waals surface area contributed by atoms with Crippen molar-refractivity contribution in [2.75, 3.05) is 39.6 Å². The van der Waals surface area contributed by atoms with Crippen LogP contribution < -0.4 is 9.47 Å². The van der Waals surface area contributed by atoms with E-state index in [-0.39, 0.29) is 18.5 Å². The van der Waals surface area contributed by atoms with Gasteiger partial charge in [0.25, 0.3) is 0 Å². The maximum Gasteiger partial charge on any atom is 0.343 e. The zero-order chi connectivity index (χ0) is 26.3. The first-order valence-corrected chi connectivity index (χ1v) is 12.5. The van der Waals surface area contributed by atoms with Gasteiger partial charge in [-0.3, -0.25) is 4.79 Å². The number of hydrogen-bond acceptors (Lipinski definition) is 7. The third-order valence-electron chi connectivity index (χ3n) is 5.62.